The standard InChI is InChI=1S/C16H21NO4/c1-20-15(18)13-9-5-6-10-14(13)17-16(19)21-11-12-7-3-2-4-8-12/h2-4,7-8,13-14H,5-6,9-11H2,1H3,(H,17,19)/t13-,14-/m1/s1. The maximum Gasteiger partial charge on any atom is 0.407 e. The molecule has 0 unspecified atom stereocenters. The van der Waals surface area contributed by atoms with Crippen LogP contribution in [0.25, 0.3) is 0 Å². The predicted molar refractivity (Wildman–Crippen MR) is 77.5 cm³/mol. The van der Waals surface area contributed by atoms with Crippen molar-refractivity contribution in [3.8, 4) is 0 Å². The monoisotopic (exact) mass is 291 g/mol. The van der Waals surface area contributed by atoms with Gasteiger partial charge >= 0.3 is 12.1 Å². The second kappa shape index (κ2) is 7.67. The lowest BCUT2D eigenvalue weighted by molar-refractivity contribution is -0.147. The van der Waals surface area contributed by atoms with Gasteiger partial charge < -0.3 is 14.8 Å². The summed E-state index contributed by atoms with van der Waals surface area (Å²) in [7, 11) is 1.38. The van der Waals surface area contributed by atoms with Gasteiger partial charge in [0.25, 0.3) is 0 Å². The highest BCUT2D eigenvalue weighted by atomic mass is 16.5. The molecule has 0 aromatic heterocycles. The predicted octanol–water partition coefficient (Wildman–Crippen LogP) is 2.64. The van der Waals surface area contributed by atoms with E-state index in [0.717, 1.165) is 31.2 Å². The Bertz CT molecular complexity index is 474. The van der Waals surface area contributed by atoms with Gasteiger partial charge in [0, 0.05) is 6.04 Å². The second-order valence-corrected chi connectivity index (χ2v) is 5.23. The molecular weight excluding hydrogens is 270 g/mol. The second-order valence-electron chi connectivity index (χ2n) is 5.23. The number of carbonyl (C=O) groups excluding carboxylic acids is 2. The summed E-state index contributed by atoms with van der Waals surface area (Å²) in [5.74, 6) is -0.531. The van der Waals surface area contributed by atoms with Gasteiger partial charge in [0.2, 0.25) is 0 Å². The molecule has 5 heteroatoms. The number of amides is 1. The lowest BCUT2D eigenvalue weighted by atomic mass is 9.84. The van der Waals surface area contributed by atoms with E-state index >= 15 is 0 Å². The Labute approximate surface area is 124 Å². The highest BCUT2D eigenvalue weighted by molar-refractivity contribution is 5.75. The van der Waals surface area contributed by atoms with Crippen molar-refractivity contribution in [3.05, 3.63) is 35.9 Å². The van der Waals surface area contributed by atoms with Crippen molar-refractivity contribution in [1.82, 2.24) is 5.32 Å². The number of methoxy groups -OCH3 is 1. The Kier molecular flexibility index (Phi) is 5.60. The number of alkyl carbamates (subject to hydrolysis) is 1. The molecular formula is C16H21NO4. The Balaban J connectivity index is 1.84. The quantitative estimate of drug-likeness (QED) is 0.866. The molecule has 1 N–H and O–H groups in total. The zero-order valence-electron chi connectivity index (χ0n) is 12.2. The van der Waals surface area contributed by atoms with Gasteiger partial charge in [-0.05, 0) is 18.4 Å². The van der Waals surface area contributed by atoms with E-state index in [4.69, 9.17) is 9.47 Å². The summed E-state index contributed by atoms with van der Waals surface area (Å²) < 4.78 is 9.99. The van der Waals surface area contributed by atoms with Crippen LogP contribution < -0.4 is 5.32 Å². The number of nitrogens with one attached hydrogen (secondary N) is 1. The van der Waals surface area contributed by atoms with Crippen LogP contribution in [0.1, 0.15) is 31.2 Å². The number of benzene rings is 1. The van der Waals surface area contributed by atoms with Gasteiger partial charge in [0.1, 0.15) is 6.61 Å². The first kappa shape index (κ1) is 15.4. The number of hydrogen-bond acceptors (Lipinski definition) is 4. The van der Waals surface area contributed by atoms with Crippen molar-refractivity contribution in [2.24, 2.45) is 5.92 Å². The number of ether oxygens (including phenoxy) is 2. The third-order valence-electron chi connectivity index (χ3n) is 3.79. The van der Waals surface area contributed by atoms with Crippen LogP contribution in [-0.2, 0) is 20.9 Å². The van der Waals surface area contributed by atoms with Crippen molar-refractivity contribution in [3.63, 3.8) is 0 Å². The van der Waals surface area contributed by atoms with Crippen LogP contribution in [0.4, 0.5) is 4.79 Å². The van der Waals surface area contributed by atoms with Crippen molar-refractivity contribution in [2.75, 3.05) is 7.11 Å². The van der Waals surface area contributed by atoms with Gasteiger partial charge in [-0.3, -0.25) is 4.79 Å². The van der Waals surface area contributed by atoms with Crippen molar-refractivity contribution < 1.29 is 19.1 Å². The van der Waals surface area contributed by atoms with Gasteiger partial charge in [-0.2, -0.15) is 0 Å². The first-order chi connectivity index (χ1) is 10.2. The third kappa shape index (κ3) is 4.48. The van der Waals surface area contributed by atoms with E-state index in [1.54, 1.807) is 0 Å². The first-order valence-electron chi connectivity index (χ1n) is 7.25. The number of hydrogen-bond donors (Lipinski definition) is 1. The van der Waals surface area contributed by atoms with E-state index in [0.29, 0.717) is 0 Å². The van der Waals surface area contributed by atoms with E-state index in [-0.39, 0.29) is 24.5 Å². The van der Waals surface area contributed by atoms with Gasteiger partial charge in [-0.1, -0.05) is 43.2 Å². The maximum atomic E-state index is 11.9. The highest BCUT2D eigenvalue weighted by Gasteiger charge is 2.33. The van der Waals surface area contributed by atoms with E-state index in [1.165, 1.54) is 7.11 Å². The van der Waals surface area contributed by atoms with Crippen molar-refractivity contribution in [2.45, 2.75) is 38.3 Å². The molecule has 1 saturated carbocycles. The molecule has 2 atom stereocenters. The van der Waals surface area contributed by atoms with Crippen LogP contribution in [0, 0.1) is 5.92 Å². The summed E-state index contributed by atoms with van der Waals surface area (Å²) in [5.41, 5.74) is 0.931. The highest BCUT2D eigenvalue weighted by Crippen LogP contribution is 2.25. The van der Waals surface area contributed by atoms with Gasteiger partial charge in [0.15, 0.2) is 0 Å². The van der Waals surface area contributed by atoms with Crippen LogP contribution in [0.2, 0.25) is 0 Å². The molecule has 1 amide bonds. The summed E-state index contributed by atoms with van der Waals surface area (Å²) in [5, 5.41) is 2.79. The number of esters is 1. The molecule has 2 rings (SSSR count). The molecule has 21 heavy (non-hydrogen) atoms. The Hall–Kier alpha value is -2.04. The molecule has 0 spiro atoms. The topological polar surface area (TPSA) is 64.6 Å². The zero-order valence-corrected chi connectivity index (χ0v) is 12.2. The SMILES string of the molecule is COC(=O)[C@@H]1CCCC[C@H]1NC(=O)OCc1ccccc1. The molecule has 1 aliphatic rings. The summed E-state index contributed by atoms with van der Waals surface area (Å²) in [4.78, 5) is 23.6. The van der Waals surface area contributed by atoms with Crippen LogP contribution >= 0.6 is 0 Å². The fourth-order valence-corrected chi connectivity index (χ4v) is 2.65. The molecule has 1 aliphatic carbocycles. The van der Waals surface area contributed by atoms with Gasteiger partial charge in [-0.25, -0.2) is 4.79 Å². The van der Waals surface area contributed by atoms with Crippen LogP contribution in [0.5, 0.6) is 0 Å². The molecule has 0 saturated heterocycles. The fourth-order valence-electron chi connectivity index (χ4n) is 2.65. The summed E-state index contributed by atoms with van der Waals surface area (Å²) in [6.45, 7) is 0.224. The average Bonchev–Trinajstić information content (AvgIpc) is 2.54. The Morgan fingerprint density at radius 3 is 2.62 bits per heavy atom. The molecule has 0 bridgehead atoms. The van der Waals surface area contributed by atoms with Crippen LogP contribution in [0.15, 0.2) is 30.3 Å². The fraction of sp³-hybridized carbons (Fsp3) is 0.500. The van der Waals surface area contributed by atoms with Gasteiger partial charge in [-0.15, -0.1) is 0 Å². The van der Waals surface area contributed by atoms with Crippen molar-refractivity contribution >= 4 is 12.1 Å². The first-order valence-corrected chi connectivity index (χ1v) is 7.25. The molecule has 1 aromatic rings. The smallest absolute Gasteiger partial charge is 0.407 e. The maximum absolute atomic E-state index is 11.9. The lowest BCUT2D eigenvalue weighted by Crippen LogP contribution is -2.45. The van der Waals surface area contributed by atoms with Crippen LogP contribution in [0.3, 0.4) is 0 Å². The molecule has 5 nitrogen and oxygen atoms in total. The zero-order chi connectivity index (χ0) is 15.1. The minimum absolute atomic E-state index is 0.200. The third-order valence-corrected chi connectivity index (χ3v) is 3.79. The van der Waals surface area contributed by atoms with Crippen molar-refractivity contribution in [1.29, 1.82) is 0 Å². The molecule has 114 valence electrons. The van der Waals surface area contributed by atoms with E-state index in [9.17, 15) is 9.59 Å². The Morgan fingerprint density at radius 1 is 1.19 bits per heavy atom. The molecule has 1 aromatic carbocycles. The molecule has 1 fully saturated rings. The summed E-state index contributed by atoms with van der Waals surface area (Å²) >= 11 is 0. The molecule has 0 radical (unpaired) electrons. The largest absolute Gasteiger partial charge is 0.469 e. The van der Waals surface area contributed by atoms with Crippen LogP contribution in [-0.4, -0.2) is 25.2 Å². The molecule has 0 heterocycles. The summed E-state index contributed by atoms with van der Waals surface area (Å²) in [6.07, 6.45) is 3.02. The Morgan fingerprint density at radius 2 is 1.90 bits per heavy atom. The minimum Gasteiger partial charge on any atom is -0.469 e. The number of carbonyl (C=O) groups is 2. The van der Waals surface area contributed by atoms with E-state index in [1.807, 2.05) is 30.3 Å². The lowest BCUT2D eigenvalue weighted by Gasteiger charge is -2.29. The molecule has 0 aliphatic heterocycles. The average molecular weight is 291 g/mol. The minimum atomic E-state index is -0.486. The van der Waals surface area contributed by atoms with E-state index < -0.39 is 6.09 Å². The van der Waals surface area contributed by atoms with Gasteiger partial charge in [0.05, 0.1) is 13.0 Å². The summed E-state index contributed by atoms with van der Waals surface area (Å²) in [6, 6.07) is 9.29. The normalized spacial score (nSPS) is 21.4. The number of rotatable bonds is 4. The van der Waals surface area contributed by atoms with E-state index in [2.05, 4.69) is 5.32 Å².